The number of rotatable bonds is 10. The summed E-state index contributed by atoms with van der Waals surface area (Å²) in [7, 11) is -2.76. The normalized spacial score (nSPS) is 11.7. The molecule has 1 aromatic carbocycles. The number of unbranched alkanes of at least 4 members (excludes halogenated alkanes) is 1. The van der Waals surface area contributed by atoms with Crippen molar-refractivity contribution in [3.63, 3.8) is 0 Å². The second-order valence-corrected chi connectivity index (χ2v) is 9.87. The summed E-state index contributed by atoms with van der Waals surface area (Å²) in [5.41, 5.74) is 3.74. The summed E-state index contributed by atoms with van der Waals surface area (Å²) >= 11 is 0. The number of aromatic amines is 1. The summed E-state index contributed by atoms with van der Waals surface area (Å²) in [6, 6.07) is 2.81. The number of carbonyl (C=O) groups is 1. The van der Waals surface area contributed by atoms with Gasteiger partial charge in [0.2, 0.25) is 10.0 Å². The van der Waals surface area contributed by atoms with Gasteiger partial charge in [-0.25, -0.2) is 22.3 Å². The first-order valence-electron chi connectivity index (χ1n) is 10.6. The first kappa shape index (κ1) is 26.3. The molecule has 0 aliphatic heterocycles. The minimum atomic E-state index is -3.95. The van der Waals surface area contributed by atoms with E-state index in [9.17, 15) is 27.2 Å². The number of amides is 1. The quantitative estimate of drug-likeness (QED) is 0.468. The van der Waals surface area contributed by atoms with Gasteiger partial charge in [0.15, 0.2) is 5.69 Å². The zero-order valence-electron chi connectivity index (χ0n) is 19.1. The largest absolute Gasteiger partial charge is 0.383 e. The average Bonchev–Trinajstić information content (AvgIpc) is 2.75. The topological polar surface area (TPSA) is 147 Å². The van der Waals surface area contributed by atoms with E-state index in [4.69, 9.17) is 5.73 Å². The fraction of sp³-hybridized carbons (Fsp3) is 0.476. The highest BCUT2D eigenvalue weighted by atomic mass is 32.2. The van der Waals surface area contributed by atoms with Crippen LogP contribution in [-0.2, 0) is 16.6 Å². The fourth-order valence-electron chi connectivity index (χ4n) is 3.18. The summed E-state index contributed by atoms with van der Waals surface area (Å²) in [5.74, 6) is -2.00. The molecular formula is C21H30FN5O5S. The van der Waals surface area contributed by atoms with Crippen molar-refractivity contribution in [3.05, 3.63) is 50.4 Å². The molecule has 1 amide bonds. The lowest BCUT2D eigenvalue weighted by Gasteiger charge is -2.25. The molecule has 1 heterocycles. The Morgan fingerprint density at radius 3 is 2.55 bits per heavy atom. The molecule has 0 radical (unpaired) electrons. The number of nitrogens with zero attached hydrogens (tertiary/aromatic N) is 2. The molecule has 2 aromatic rings. The van der Waals surface area contributed by atoms with Crippen LogP contribution in [0.4, 0.5) is 15.9 Å². The lowest BCUT2D eigenvalue weighted by atomic mass is 10.1. The van der Waals surface area contributed by atoms with Gasteiger partial charge in [0.25, 0.3) is 11.5 Å². The van der Waals surface area contributed by atoms with Crippen LogP contribution in [0, 0.1) is 11.7 Å². The molecule has 0 saturated heterocycles. The van der Waals surface area contributed by atoms with Crippen molar-refractivity contribution in [1.29, 1.82) is 0 Å². The molecule has 4 N–H and O–H groups in total. The molecule has 12 heteroatoms. The van der Waals surface area contributed by atoms with Gasteiger partial charge in [-0.2, -0.15) is 0 Å². The van der Waals surface area contributed by atoms with E-state index in [1.54, 1.807) is 0 Å². The molecule has 10 nitrogen and oxygen atoms in total. The summed E-state index contributed by atoms with van der Waals surface area (Å²) in [6.45, 7) is 5.94. The zero-order valence-corrected chi connectivity index (χ0v) is 20.0. The van der Waals surface area contributed by atoms with Crippen LogP contribution in [0.2, 0.25) is 0 Å². The number of carbonyl (C=O) groups excluding carboxylic acids is 1. The van der Waals surface area contributed by atoms with Crippen molar-refractivity contribution in [1.82, 2.24) is 14.3 Å². The van der Waals surface area contributed by atoms with Crippen LogP contribution in [0.25, 0.3) is 0 Å². The molecule has 0 aliphatic carbocycles. The Balaban J connectivity index is 2.71. The van der Waals surface area contributed by atoms with Crippen LogP contribution in [0.5, 0.6) is 0 Å². The van der Waals surface area contributed by atoms with Gasteiger partial charge >= 0.3 is 5.69 Å². The molecule has 182 valence electrons. The van der Waals surface area contributed by atoms with Crippen molar-refractivity contribution in [2.45, 2.75) is 51.5 Å². The zero-order chi connectivity index (χ0) is 24.9. The monoisotopic (exact) mass is 483 g/mol. The minimum absolute atomic E-state index is 0.00178. The molecule has 0 fully saturated rings. The predicted molar refractivity (Wildman–Crippen MR) is 124 cm³/mol. The van der Waals surface area contributed by atoms with Gasteiger partial charge < -0.3 is 10.6 Å². The summed E-state index contributed by atoms with van der Waals surface area (Å²) in [4.78, 5) is 41.3. The number of hydrogen-bond acceptors (Lipinski definition) is 6. The van der Waals surface area contributed by atoms with E-state index in [1.807, 2.05) is 20.8 Å². The summed E-state index contributed by atoms with van der Waals surface area (Å²) in [6.07, 6.45) is 1.80. The Labute approximate surface area is 191 Å². The Bertz CT molecular complexity index is 1240. The molecule has 0 saturated carbocycles. The highest BCUT2D eigenvalue weighted by molar-refractivity contribution is 7.89. The lowest BCUT2D eigenvalue weighted by Crippen LogP contribution is -2.42. The van der Waals surface area contributed by atoms with Crippen molar-refractivity contribution < 1.29 is 17.6 Å². The maximum absolute atomic E-state index is 14.7. The van der Waals surface area contributed by atoms with E-state index in [0.29, 0.717) is 12.8 Å². The number of hydrogen-bond donors (Lipinski definition) is 3. The SMILES string of the molecule is CCCCn1c(N)c(N(CCC(C)C)C(=O)c2cc(S(=O)(=O)NC)ccc2F)c(=O)[nH]c1=O. The third-order valence-corrected chi connectivity index (χ3v) is 6.55. The van der Waals surface area contributed by atoms with E-state index >= 15 is 0 Å². The predicted octanol–water partition coefficient (Wildman–Crippen LogP) is 1.66. The molecule has 0 unspecified atom stereocenters. The van der Waals surface area contributed by atoms with Crippen LogP contribution in [0.15, 0.2) is 32.7 Å². The minimum Gasteiger partial charge on any atom is -0.383 e. The third kappa shape index (κ3) is 5.88. The smallest absolute Gasteiger partial charge is 0.330 e. The number of benzene rings is 1. The number of nitrogen functional groups attached to an aromatic ring is 1. The number of nitrogens with one attached hydrogen (secondary N) is 2. The van der Waals surface area contributed by atoms with Gasteiger partial charge in [0.1, 0.15) is 11.6 Å². The number of nitrogens with two attached hydrogens (primary N) is 1. The first-order valence-corrected chi connectivity index (χ1v) is 12.1. The van der Waals surface area contributed by atoms with E-state index < -0.39 is 38.6 Å². The van der Waals surface area contributed by atoms with Gasteiger partial charge in [0.05, 0.1) is 10.5 Å². The Hall–Kier alpha value is -2.99. The van der Waals surface area contributed by atoms with Gasteiger partial charge in [-0.05, 0) is 44.0 Å². The number of anilines is 2. The molecule has 2 rings (SSSR count). The molecule has 0 aliphatic rings. The molecule has 0 atom stereocenters. The van der Waals surface area contributed by atoms with Gasteiger partial charge in [-0.1, -0.05) is 27.2 Å². The molecule has 0 spiro atoms. The Morgan fingerprint density at radius 2 is 1.97 bits per heavy atom. The van der Waals surface area contributed by atoms with Gasteiger partial charge in [-0.15, -0.1) is 0 Å². The third-order valence-electron chi connectivity index (χ3n) is 5.14. The van der Waals surface area contributed by atoms with Crippen LogP contribution in [-0.4, -0.2) is 37.5 Å². The van der Waals surface area contributed by atoms with Crippen molar-refractivity contribution in [2.24, 2.45) is 5.92 Å². The van der Waals surface area contributed by atoms with E-state index in [2.05, 4.69) is 9.71 Å². The average molecular weight is 484 g/mol. The maximum atomic E-state index is 14.7. The highest BCUT2D eigenvalue weighted by Crippen LogP contribution is 2.24. The van der Waals surface area contributed by atoms with E-state index in [-0.39, 0.29) is 35.4 Å². The van der Waals surface area contributed by atoms with Gasteiger partial charge in [0, 0.05) is 13.1 Å². The molecular weight excluding hydrogens is 453 g/mol. The lowest BCUT2D eigenvalue weighted by molar-refractivity contribution is 0.0981. The number of halogens is 1. The fourth-order valence-corrected chi connectivity index (χ4v) is 3.93. The standard InChI is InChI=1S/C21H30FN5O5S/c1-5-6-10-27-18(23)17(19(28)25-21(27)30)26(11-9-13(2)3)20(29)15-12-14(7-8-16(15)22)33(31,32)24-4/h7-8,12-13,24H,5-6,9-11,23H2,1-4H3,(H,25,28,30). The van der Waals surface area contributed by atoms with Crippen LogP contribution in [0.3, 0.4) is 0 Å². The van der Waals surface area contributed by atoms with Crippen LogP contribution >= 0.6 is 0 Å². The number of sulfonamides is 1. The summed E-state index contributed by atoms with van der Waals surface area (Å²) < 4.78 is 42.3. The molecule has 1 aromatic heterocycles. The maximum Gasteiger partial charge on any atom is 0.330 e. The number of H-pyrrole nitrogens is 1. The first-order chi connectivity index (χ1) is 15.4. The Morgan fingerprint density at radius 1 is 1.30 bits per heavy atom. The second kappa shape index (κ2) is 10.8. The second-order valence-electron chi connectivity index (χ2n) is 7.99. The van der Waals surface area contributed by atoms with E-state index in [0.717, 1.165) is 34.1 Å². The Kier molecular flexibility index (Phi) is 8.56. The van der Waals surface area contributed by atoms with Crippen LogP contribution < -0.4 is 26.6 Å². The molecule has 33 heavy (non-hydrogen) atoms. The number of aromatic nitrogens is 2. The van der Waals surface area contributed by atoms with Crippen LogP contribution in [0.1, 0.15) is 50.4 Å². The van der Waals surface area contributed by atoms with Crippen molar-refractivity contribution in [3.8, 4) is 0 Å². The highest BCUT2D eigenvalue weighted by Gasteiger charge is 2.28. The van der Waals surface area contributed by atoms with Gasteiger partial charge in [-0.3, -0.25) is 19.1 Å². The van der Waals surface area contributed by atoms with E-state index in [1.165, 1.54) is 7.05 Å². The molecule has 0 bridgehead atoms. The van der Waals surface area contributed by atoms with Crippen molar-refractivity contribution >= 4 is 27.4 Å². The summed E-state index contributed by atoms with van der Waals surface area (Å²) in [5, 5.41) is 0. The van der Waals surface area contributed by atoms with Crippen molar-refractivity contribution in [2.75, 3.05) is 24.2 Å².